The number of fused-ring (bicyclic) bond motifs is 4. The number of hydrogen-bond donors (Lipinski definition) is 0. The molecule has 0 nitrogen and oxygen atoms in total. The number of aryl methyl sites for hydroxylation is 6. The van der Waals surface area contributed by atoms with Gasteiger partial charge < -0.3 is 0 Å². The second-order valence-corrected chi connectivity index (χ2v) is 12.4. The molecule has 0 radical (unpaired) electrons. The van der Waals surface area contributed by atoms with Crippen molar-refractivity contribution < 1.29 is 0 Å². The number of rotatable bonds is 0. The molecule has 0 amide bonds. The van der Waals surface area contributed by atoms with Gasteiger partial charge in [0.1, 0.15) is 0 Å². The fraction of sp³-hybridized carbons (Fsp3) is 0.346. The average Bonchev–Trinajstić information content (AvgIpc) is 3.50. The third-order valence-corrected chi connectivity index (χ3v) is 9.11. The van der Waals surface area contributed by atoms with Crippen LogP contribution in [0.2, 0.25) is 0 Å². The Hall–Kier alpha value is -4.42. The Kier molecular flexibility index (Phi) is 27.9. The molecule has 0 N–H and O–H groups in total. The van der Waals surface area contributed by atoms with Crippen molar-refractivity contribution in [1.29, 1.82) is 0 Å². The van der Waals surface area contributed by atoms with Gasteiger partial charge in [-0.25, -0.2) is 0 Å². The van der Waals surface area contributed by atoms with Crippen molar-refractivity contribution in [3.05, 3.63) is 191 Å². The average molecular weight is 699 g/mol. The Labute approximate surface area is 322 Å². The summed E-state index contributed by atoms with van der Waals surface area (Å²) >= 11 is 0. The molecule has 3 aliphatic rings. The molecule has 0 heteroatoms. The summed E-state index contributed by atoms with van der Waals surface area (Å²) in [7, 11) is 0. The first-order valence-corrected chi connectivity index (χ1v) is 17.5. The highest BCUT2D eigenvalue weighted by molar-refractivity contribution is 5.82. The van der Waals surface area contributed by atoms with Crippen LogP contribution < -0.4 is 0 Å². The third kappa shape index (κ3) is 16.7. The van der Waals surface area contributed by atoms with E-state index in [9.17, 15) is 0 Å². The Morgan fingerprint density at radius 3 is 0.635 bits per heavy atom. The summed E-state index contributed by atoms with van der Waals surface area (Å²) < 4.78 is 0. The van der Waals surface area contributed by atoms with Crippen LogP contribution >= 0.6 is 0 Å². The Morgan fingerprint density at radius 1 is 0.192 bits per heavy atom. The monoisotopic (exact) mass is 699 g/mol. The smallest absolute Gasteiger partial charge is 0.0184 e. The molecule has 0 spiro atoms. The molecule has 0 saturated heterocycles. The zero-order valence-corrected chi connectivity index (χ0v) is 27.5. The van der Waals surface area contributed by atoms with Crippen LogP contribution in [0.25, 0.3) is 10.8 Å². The van der Waals surface area contributed by atoms with Crippen LogP contribution in [0.4, 0.5) is 0 Å². The van der Waals surface area contributed by atoms with E-state index in [4.69, 9.17) is 0 Å². The van der Waals surface area contributed by atoms with E-state index in [1.54, 1.807) is 33.4 Å². The predicted molar refractivity (Wildman–Crippen MR) is 240 cm³/mol. The Morgan fingerprint density at radius 2 is 0.385 bits per heavy atom. The summed E-state index contributed by atoms with van der Waals surface area (Å²) in [6.45, 7) is 0. The predicted octanol–water partition coefficient (Wildman–Crippen LogP) is 16.0. The fourth-order valence-electron chi connectivity index (χ4n) is 6.56. The maximum absolute atomic E-state index is 2.28. The summed E-state index contributed by atoms with van der Waals surface area (Å²) in [5.41, 5.74) is 9.47. The van der Waals surface area contributed by atoms with Crippen LogP contribution in [0.15, 0.2) is 158 Å². The maximum atomic E-state index is 2.28. The Balaban J connectivity index is 0. The van der Waals surface area contributed by atoms with Gasteiger partial charge in [-0.1, -0.05) is 209 Å². The highest BCUT2D eigenvalue weighted by Crippen LogP contribution is 2.21. The molecule has 9 rings (SSSR count). The van der Waals surface area contributed by atoms with Gasteiger partial charge in [0, 0.05) is 0 Å². The van der Waals surface area contributed by atoms with E-state index in [1.807, 2.05) is 36.4 Å². The molecule has 282 valence electrons. The minimum absolute atomic E-state index is 0. The van der Waals surface area contributed by atoms with Gasteiger partial charge in [0.25, 0.3) is 0 Å². The Bertz CT molecular complexity index is 1530. The first-order chi connectivity index (χ1) is 22.9. The highest BCUT2D eigenvalue weighted by Gasteiger charge is 2.08. The molecule has 0 atom stereocenters. The molecule has 3 aliphatic carbocycles. The van der Waals surface area contributed by atoms with Crippen LogP contribution in [0.5, 0.6) is 0 Å². The van der Waals surface area contributed by atoms with Crippen LogP contribution in [-0.4, -0.2) is 0 Å². The van der Waals surface area contributed by atoms with E-state index >= 15 is 0 Å². The van der Waals surface area contributed by atoms with E-state index in [-0.39, 0.29) is 44.6 Å². The minimum Gasteiger partial charge on any atom is -0.0776 e. The van der Waals surface area contributed by atoms with Crippen molar-refractivity contribution in [2.75, 3.05) is 0 Å². The van der Waals surface area contributed by atoms with Crippen molar-refractivity contribution in [3.8, 4) is 0 Å². The zero-order valence-electron chi connectivity index (χ0n) is 27.5. The van der Waals surface area contributed by atoms with Gasteiger partial charge >= 0.3 is 0 Å². The molecule has 52 heavy (non-hydrogen) atoms. The maximum Gasteiger partial charge on any atom is -0.0184 e. The summed E-state index contributed by atoms with van der Waals surface area (Å²) in [5.74, 6) is 0. The number of benzene rings is 6. The van der Waals surface area contributed by atoms with Crippen LogP contribution in [-0.2, 0) is 38.5 Å². The van der Waals surface area contributed by atoms with Crippen molar-refractivity contribution in [1.82, 2.24) is 0 Å². The van der Waals surface area contributed by atoms with Crippen molar-refractivity contribution in [3.63, 3.8) is 0 Å². The number of hydrogen-bond acceptors (Lipinski definition) is 0. The largest absolute Gasteiger partial charge is 0.0776 e. The van der Waals surface area contributed by atoms with E-state index in [0.29, 0.717) is 0 Å². The van der Waals surface area contributed by atoms with E-state index in [0.717, 1.165) is 0 Å². The van der Waals surface area contributed by atoms with Crippen LogP contribution in [0.1, 0.15) is 116 Å². The second kappa shape index (κ2) is 29.2. The zero-order chi connectivity index (χ0) is 31.5. The third-order valence-electron chi connectivity index (χ3n) is 9.11. The molecule has 6 aromatic carbocycles. The fourth-order valence-corrected chi connectivity index (χ4v) is 6.56. The molecular weight excluding hydrogens is 625 g/mol. The molecule has 0 unspecified atom stereocenters. The topological polar surface area (TPSA) is 0 Å². The molecule has 0 aromatic heterocycles. The first-order valence-electron chi connectivity index (χ1n) is 17.5. The summed E-state index contributed by atoms with van der Waals surface area (Å²) in [4.78, 5) is 0. The van der Waals surface area contributed by atoms with Gasteiger partial charge in [0.05, 0.1) is 0 Å². The molecule has 0 saturated carbocycles. The molecular formula is C52H74. The lowest BCUT2D eigenvalue weighted by Gasteiger charge is -2.13. The normalized spacial score (nSPS) is 12.3. The van der Waals surface area contributed by atoms with Gasteiger partial charge in [-0.15, -0.1) is 0 Å². The molecule has 0 fully saturated rings. The minimum atomic E-state index is 0. The standard InChI is InChI=1S/C11H14.C10H12.C10H8.C9H10.C6H6.6CH4/c1-2-6-10-8-4-5-9-11(10)7-3-1;2*1-2-6-10-8-4-3-7-9(10)5-1;1-2-5-9-7-3-6-8(9)4-1;1-2-4-6-5-3-1;;;;;;/h4-5,8-9H,1-3,6-7H2;1-2,5-6H,3-4,7-8H2;1-8H;1-2,4-5H,3,6-7H2;1-6H;6*1H4. The van der Waals surface area contributed by atoms with Crippen molar-refractivity contribution in [2.45, 2.75) is 122 Å². The highest BCUT2D eigenvalue weighted by atomic mass is 14.1. The second-order valence-electron chi connectivity index (χ2n) is 12.4. The first kappa shape index (κ1) is 49.7. The molecule has 0 bridgehead atoms. The van der Waals surface area contributed by atoms with Crippen molar-refractivity contribution >= 4 is 10.8 Å². The molecule has 0 heterocycles. The van der Waals surface area contributed by atoms with E-state index < -0.39 is 0 Å². The van der Waals surface area contributed by atoms with Crippen molar-refractivity contribution in [2.24, 2.45) is 0 Å². The van der Waals surface area contributed by atoms with Gasteiger partial charge in [0.2, 0.25) is 0 Å². The summed E-state index contributed by atoms with van der Waals surface area (Å²) in [6.07, 6.45) is 16.1. The lowest BCUT2D eigenvalue weighted by molar-refractivity contribution is 0.685. The van der Waals surface area contributed by atoms with Crippen LogP contribution in [0.3, 0.4) is 0 Å². The summed E-state index contributed by atoms with van der Waals surface area (Å²) in [6, 6.07) is 55.1. The van der Waals surface area contributed by atoms with E-state index in [2.05, 4.69) is 121 Å². The van der Waals surface area contributed by atoms with Gasteiger partial charge in [-0.2, -0.15) is 0 Å². The SMILES string of the molecule is C.C.C.C.C.C.c1ccc2c(c1)CCC2.c1ccc2c(c1)CCCC2.c1ccc2c(c1)CCCCC2.c1ccc2ccccc2c1.c1ccccc1. The van der Waals surface area contributed by atoms with Gasteiger partial charge in [-0.05, 0) is 115 Å². The van der Waals surface area contributed by atoms with E-state index in [1.165, 1.54) is 87.8 Å². The summed E-state index contributed by atoms with van der Waals surface area (Å²) in [5, 5.41) is 2.62. The molecule has 6 aromatic rings. The lowest BCUT2D eigenvalue weighted by Crippen LogP contribution is -2.00. The van der Waals surface area contributed by atoms with Crippen LogP contribution in [0, 0.1) is 0 Å². The molecule has 0 aliphatic heterocycles. The quantitative estimate of drug-likeness (QED) is 0.139. The van der Waals surface area contributed by atoms with Gasteiger partial charge in [0.15, 0.2) is 0 Å². The van der Waals surface area contributed by atoms with Gasteiger partial charge in [-0.3, -0.25) is 0 Å². The lowest BCUT2D eigenvalue weighted by atomic mass is 9.92.